The van der Waals surface area contributed by atoms with Crippen LogP contribution in [0.1, 0.15) is 5.56 Å². The normalized spacial score (nSPS) is 10.4. The minimum atomic E-state index is 0.0119. The average Bonchev–Trinajstić information content (AvgIpc) is 2.34. The minimum absolute atomic E-state index is 0.0119. The van der Waals surface area contributed by atoms with Gasteiger partial charge in [-0.1, -0.05) is 15.9 Å². The summed E-state index contributed by atoms with van der Waals surface area (Å²) in [5.41, 5.74) is 7.05. The zero-order valence-electron chi connectivity index (χ0n) is 10.3. The van der Waals surface area contributed by atoms with Gasteiger partial charge in [0.1, 0.15) is 5.84 Å². The number of hydrogen-bond donors (Lipinski definition) is 3. The van der Waals surface area contributed by atoms with Crippen LogP contribution in [0.25, 0.3) is 0 Å². The molecule has 1 aromatic rings. The zero-order valence-corrected chi connectivity index (χ0v) is 11.9. The van der Waals surface area contributed by atoms with E-state index in [1.54, 1.807) is 13.2 Å². The molecule has 0 bridgehead atoms. The smallest absolute Gasteiger partial charge is 0.124 e. The molecule has 1 rings (SSSR count). The highest BCUT2D eigenvalue weighted by Gasteiger charge is 2.13. The van der Waals surface area contributed by atoms with Crippen LogP contribution < -0.4 is 10.6 Å². The lowest BCUT2D eigenvalue weighted by molar-refractivity contribution is 0.203. The largest absolute Gasteiger partial charge is 0.395 e. The molecule has 0 saturated carbocycles. The van der Waals surface area contributed by atoms with Crippen LogP contribution in [0, 0.1) is 5.41 Å². The standard InChI is InChI=1S/C12H18BrN3O2/c1-18-7-5-16(4-6-17)11-8-9(13)2-3-10(11)12(14)15/h2-3,8,17H,4-7H2,1H3,(H3,14,15). The zero-order chi connectivity index (χ0) is 13.5. The Bertz CT molecular complexity index is 412. The maximum Gasteiger partial charge on any atom is 0.124 e. The van der Waals surface area contributed by atoms with Crippen LogP contribution >= 0.6 is 15.9 Å². The van der Waals surface area contributed by atoms with Crippen molar-refractivity contribution in [1.29, 1.82) is 5.41 Å². The number of aliphatic hydroxyl groups is 1. The van der Waals surface area contributed by atoms with Gasteiger partial charge in [0.05, 0.1) is 13.2 Å². The van der Waals surface area contributed by atoms with Crippen molar-refractivity contribution < 1.29 is 9.84 Å². The predicted octanol–water partition coefficient (Wildman–Crippen LogP) is 1.18. The molecule has 0 heterocycles. The third kappa shape index (κ3) is 3.97. The second kappa shape index (κ2) is 7.35. The number of rotatable bonds is 7. The first-order valence-corrected chi connectivity index (χ1v) is 6.38. The van der Waals surface area contributed by atoms with Crippen molar-refractivity contribution in [2.75, 3.05) is 38.3 Å². The van der Waals surface area contributed by atoms with Gasteiger partial charge in [-0.15, -0.1) is 0 Å². The van der Waals surface area contributed by atoms with E-state index in [2.05, 4.69) is 15.9 Å². The van der Waals surface area contributed by atoms with E-state index in [0.717, 1.165) is 10.2 Å². The van der Waals surface area contributed by atoms with Crippen molar-refractivity contribution in [2.24, 2.45) is 5.73 Å². The van der Waals surface area contributed by atoms with Gasteiger partial charge in [0.15, 0.2) is 0 Å². The summed E-state index contributed by atoms with van der Waals surface area (Å²) in [4.78, 5) is 1.95. The molecule has 18 heavy (non-hydrogen) atoms. The Morgan fingerprint density at radius 2 is 2.22 bits per heavy atom. The summed E-state index contributed by atoms with van der Waals surface area (Å²) in [7, 11) is 1.63. The highest BCUT2D eigenvalue weighted by molar-refractivity contribution is 9.10. The summed E-state index contributed by atoms with van der Waals surface area (Å²) < 4.78 is 5.96. The summed E-state index contributed by atoms with van der Waals surface area (Å²) in [5.74, 6) is 0.0119. The van der Waals surface area contributed by atoms with Gasteiger partial charge >= 0.3 is 0 Å². The second-order valence-electron chi connectivity index (χ2n) is 3.78. The van der Waals surface area contributed by atoms with Crippen LogP contribution in [0.5, 0.6) is 0 Å². The van der Waals surface area contributed by atoms with Crippen LogP contribution in [-0.4, -0.2) is 44.4 Å². The molecule has 0 aliphatic heterocycles. The van der Waals surface area contributed by atoms with Crippen LogP contribution in [0.15, 0.2) is 22.7 Å². The quantitative estimate of drug-likeness (QED) is 0.521. The topological polar surface area (TPSA) is 82.6 Å². The van der Waals surface area contributed by atoms with E-state index < -0.39 is 0 Å². The summed E-state index contributed by atoms with van der Waals surface area (Å²) >= 11 is 3.40. The molecule has 0 fully saturated rings. The van der Waals surface area contributed by atoms with Crippen molar-refractivity contribution in [2.45, 2.75) is 0 Å². The average molecular weight is 316 g/mol. The molecule has 5 nitrogen and oxygen atoms in total. The number of ether oxygens (including phenoxy) is 1. The SMILES string of the molecule is COCCN(CCO)c1cc(Br)ccc1C(=N)N. The summed E-state index contributed by atoms with van der Waals surface area (Å²) in [6, 6.07) is 5.52. The van der Waals surface area contributed by atoms with E-state index in [1.807, 2.05) is 17.0 Å². The Hall–Kier alpha value is -1.11. The Balaban J connectivity index is 3.07. The number of halogens is 1. The molecule has 0 aliphatic carbocycles. The van der Waals surface area contributed by atoms with Crippen LogP contribution in [0.3, 0.4) is 0 Å². The molecule has 0 radical (unpaired) electrons. The van der Waals surface area contributed by atoms with Crippen LogP contribution in [0.4, 0.5) is 5.69 Å². The van der Waals surface area contributed by atoms with Gasteiger partial charge in [-0.05, 0) is 18.2 Å². The van der Waals surface area contributed by atoms with Gasteiger partial charge < -0.3 is 20.5 Å². The Morgan fingerprint density at radius 1 is 1.50 bits per heavy atom. The lowest BCUT2D eigenvalue weighted by Crippen LogP contribution is -2.32. The number of amidine groups is 1. The van der Waals surface area contributed by atoms with Crippen molar-refractivity contribution in [3.05, 3.63) is 28.2 Å². The summed E-state index contributed by atoms with van der Waals surface area (Å²) in [6.07, 6.45) is 0. The number of nitrogens with two attached hydrogens (primary N) is 1. The number of anilines is 1. The molecule has 0 saturated heterocycles. The van der Waals surface area contributed by atoms with Gasteiger partial charge in [0.25, 0.3) is 0 Å². The Kier molecular flexibility index (Phi) is 6.11. The number of nitrogens with zero attached hydrogens (tertiary/aromatic N) is 1. The first-order chi connectivity index (χ1) is 8.60. The fourth-order valence-electron chi connectivity index (χ4n) is 1.67. The number of nitrogens with one attached hydrogen (secondary N) is 1. The monoisotopic (exact) mass is 315 g/mol. The molecule has 0 amide bonds. The molecule has 100 valence electrons. The number of nitrogen functional groups attached to an aromatic ring is 1. The Morgan fingerprint density at radius 3 is 2.78 bits per heavy atom. The highest BCUT2D eigenvalue weighted by Crippen LogP contribution is 2.24. The van der Waals surface area contributed by atoms with E-state index >= 15 is 0 Å². The van der Waals surface area contributed by atoms with Crippen LogP contribution in [0.2, 0.25) is 0 Å². The Labute approximate surface area is 115 Å². The van der Waals surface area contributed by atoms with Gasteiger partial charge in [0, 0.05) is 35.9 Å². The third-order valence-corrected chi connectivity index (χ3v) is 3.02. The van der Waals surface area contributed by atoms with Gasteiger partial charge in [-0.2, -0.15) is 0 Å². The molecular formula is C12H18BrN3O2. The minimum Gasteiger partial charge on any atom is -0.395 e. The van der Waals surface area contributed by atoms with Gasteiger partial charge in [-0.25, -0.2) is 0 Å². The molecular weight excluding hydrogens is 298 g/mol. The van der Waals surface area contributed by atoms with E-state index in [9.17, 15) is 0 Å². The van der Waals surface area contributed by atoms with Crippen molar-refractivity contribution in [3.8, 4) is 0 Å². The number of aliphatic hydroxyl groups excluding tert-OH is 1. The van der Waals surface area contributed by atoms with Crippen LogP contribution in [-0.2, 0) is 4.74 Å². The van der Waals surface area contributed by atoms with E-state index in [0.29, 0.717) is 25.3 Å². The molecule has 0 spiro atoms. The number of methoxy groups -OCH3 is 1. The summed E-state index contributed by atoms with van der Waals surface area (Å²) in [6.45, 7) is 1.69. The molecule has 4 N–H and O–H groups in total. The van der Waals surface area contributed by atoms with Crippen molar-refractivity contribution in [1.82, 2.24) is 0 Å². The number of benzene rings is 1. The fourth-order valence-corrected chi connectivity index (χ4v) is 2.02. The summed E-state index contributed by atoms with van der Waals surface area (Å²) in [5, 5.41) is 16.7. The van der Waals surface area contributed by atoms with Gasteiger partial charge in [0.2, 0.25) is 0 Å². The molecule has 0 aliphatic rings. The highest BCUT2D eigenvalue weighted by atomic mass is 79.9. The lowest BCUT2D eigenvalue weighted by atomic mass is 10.1. The molecule has 6 heteroatoms. The maximum absolute atomic E-state index is 9.12. The van der Waals surface area contributed by atoms with E-state index in [-0.39, 0.29) is 12.4 Å². The number of hydrogen-bond acceptors (Lipinski definition) is 4. The first kappa shape index (κ1) is 14.9. The molecule has 0 unspecified atom stereocenters. The van der Waals surface area contributed by atoms with Crippen molar-refractivity contribution >= 4 is 27.5 Å². The second-order valence-corrected chi connectivity index (χ2v) is 4.69. The van der Waals surface area contributed by atoms with Gasteiger partial charge in [-0.3, -0.25) is 5.41 Å². The fraction of sp³-hybridized carbons (Fsp3) is 0.417. The molecule has 1 aromatic carbocycles. The van der Waals surface area contributed by atoms with E-state index in [4.69, 9.17) is 21.0 Å². The third-order valence-electron chi connectivity index (χ3n) is 2.53. The first-order valence-electron chi connectivity index (χ1n) is 5.58. The molecule has 0 atom stereocenters. The van der Waals surface area contributed by atoms with Crippen molar-refractivity contribution in [3.63, 3.8) is 0 Å². The van der Waals surface area contributed by atoms with E-state index in [1.165, 1.54) is 0 Å². The lowest BCUT2D eigenvalue weighted by Gasteiger charge is -2.26. The molecule has 0 aromatic heterocycles. The maximum atomic E-state index is 9.12. The predicted molar refractivity (Wildman–Crippen MR) is 76.3 cm³/mol.